The third kappa shape index (κ3) is 3.32. The third-order valence-corrected chi connectivity index (χ3v) is 2.57. The highest BCUT2D eigenvalue weighted by atomic mass is 35.7. The number of hydrogen-bond donors (Lipinski definition) is 0. The molecular weight excluding hydrogens is 215 g/mol. The van der Waals surface area contributed by atoms with E-state index in [1.54, 1.807) is 18.2 Å². The van der Waals surface area contributed by atoms with Gasteiger partial charge < -0.3 is 0 Å². The van der Waals surface area contributed by atoms with Crippen LogP contribution in [0.25, 0.3) is 0 Å². The van der Waals surface area contributed by atoms with Crippen molar-refractivity contribution in [3.8, 4) is 0 Å². The Kier molecular flexibility index (Phi) is 3.27. The van der Waals surface area contributed by atoms with Crippen molar-refractivity contribution >= 4 is 19.7 Å². The molecule has 0 bridgehead atoms. The first-order valence-corrected chi connectivity index (χ1v) is 6.06. The molecule has 1 rings (SSSR count). The van der Waals surface area contributed by atoms with Gasteiger partial charge in [0.05, 0.1) is 5.75 Å². The van der Waals surface area contributed by atoms with Gasteiger partial charge in [-0.05, 0) is 11.1 Å². The number of rotatable bonds is 3. The summed E-state index contributed by atoms with van der Waals surface area (Å²) in [5.41, 5.74) is 0.784. The Bertz CT molecular complexity index is 389. The van der Waals surface area contributed by atoms with Crippen LogP contribution in [0.3, 0.4) is 0 Å². The standard InChI is InChI=1S/C8H8ClFO2S/c9-13(11,12)6-8-4-2-1-3-7(8)5-10/h1-4H,5-6H2. The Morgan fingerprint density at radius 1 is 1.23 bits per heavy atom. The van der Waals surface area contributed by atoms with Crippen molar-refractivity contribution in [3.05, 3.63) is 35.4 Å². The largest absolute Gasteiger partial charge is 0.246 e. The molecule has 0 saturated heterocycles. The highest BCUT2D eigenvalue weighted by Gasteiger charge is 2.10. The second kappa shape index (κ2) is 4.07. The molecule has 0 aliphatic rings. The fourth-order valence-electron chi connectivity index (χ4n) is 1.01. The summed E-state index contributed by atoms with van der Waals surface area (Å²) in [4.78, 5) is 0. The molecule has 13 heavy (non-hydrogen) atoms. The highest BCUT2D eigenvalue weighted by molar-refractivity contribution is 8.13. The molecule has 1 aromatic rings. The molecule has 1 aromatic carbocycles. The Labute approximate surface area is 80.8 Å². The van der Waals surface area contributed by atoms with E-state index >= 15 is 0 Å². The van der Waals surface area contributed by atoms with Crippen LogP contribution in [-0.2, 0) is 21.5 Å². The number of alkyl halides is 1. The molecular formula is C8H8ClFO2S. The number of benzene rings is 1. The van der Waals surface area contributed by atoms with Gasteiger partial charge in [-0.1, -0.05) is 24.3 Å². The molecule has 0 aromatic heterocycles. The zero-order chi connectivity index (χ0) is 9.90. The predicted octanol–water partition coefficient (Wildman–Crippen LogP) is 2.22. The summed E-state index contributed by atoms with van der Waals surface area (Å²) in [6.45, 7) is -0.678. The van der Waals surface area contributed by atoms with Crippen LogP contribution in [-0.4, -0.2) is 8.42 Å². The van der Waals surface area contributed by atoms with Gasteiger partial charge in [0, 0.05) is 10.7 Å². The van der Waals surface area contributed by atoms with Crippen molar-refractivity contribution in [2.24, 2.45) is 0 Å². The van der Waals surface area contributed by atoms with Crippen molar-refractivity contribution < 1.29 is 12.8 Å². The molecule has 2 nitrogen and oxygen atoms in total. The molecule has 0 aliphatic carbocycles. The predicted molar refractivity (Wildman–Crippen MR) is 49.7 cm³/mol. The fraction of sp³-hybridized carbons (Fsp3) is 0.250. The van der Waals surface area contributed by atoms with Crippen molar-refractivity contribution in [3.63, 3.8) is 0 Å². The number of hydrogen-bond acceptors (Lipinski definition) is 2. The van der Waals surface area contributed by atoms with Gasteiger partial charge in [-0.2, -0.15) is 0 Å². The van der Waals surface area contributed by atoms with Crippen LogP contribution in [0, 0.1) is 0 Å². The monoisotopic (exact) mass is 222 g/mol. The molecule has 5 heteroatoms. The summed E-state index contributed by atoms with van der Waals surface area (Å²) < 4.78 is 33.7. The van der Waals surface area contributed by atoms with E-state index in [4.69, 9.17) is 10.7 Å². The normalized spacial score (nSPS) is 11.5. The van der Waals surface area contributed by atoms with Gasteiger partial charge in [0.25, 0.3) is 0 Å². The first-order valence-electron chi connectivity index (χ1n) is 3.58. The lowest BCUT2D eigenvalue weighted by Gasteiger charge is -2.02. The van der Waals surface area contributed by atoms with Crippen LogP contribution in [0.4, 0.5) is 4.39 Å². The summed E-state index contributed by atoms with van der Waals surface area (Å²) in [5.74, 6) is -0.325. The van der Waals surface area contributed by atoms with Gasteiger partial charge in [0.2, 0.25) is 9.05 Å². The number of halogens is 2. The fourth-order valence-corrected chi connectivity index (χ4v) is 2.02. The van der Waals surface area contributed by atoms with Gasteiger partial charge >= 0.3 is 0 Å². The zero-order valence-electron chi connectivity index (χ0n) is 6.70. The van der Waals surface area contributed by atoms with Crippen molar-refractivity contribution in [1.29, 1.82) is 0 Å². The van der Waals surface area contributed by atoms with Crippen LogP contribution in [0.1, 0.15) is 11.1 Å². The quantitative estimate of drug-likeness (QED) is 0.735. The average molecular weight is 223 g/mol. The maximum atomic E-state index is 12.3. The van der Waals surface area contributed by atoms with E-state index in [9.17, 15) is 12.8 Å². The minimum absolute atomic E-state index is 0.325. The Morgan fingerprint density at radius 2 is 1.77 bits per heavy atom. The molecule has 0 fully saturated rings. The lowest BCUT2D eigenvalue weighted by Crippen LogP contribution is -1.98. The van der Waals surface area contributed by atoms with E-state index in [0.29, 0.717) is 11.1 Å². The van der Waals surface area contributed by atoms with E-state index in [2.05, 4.69) is 0 Å². The van der Waals surface area contributed by atoms with Gasteiger partial charge in [0.1, 0.15) is 6.67 Å². The van der Waals surface area contributed by atoms with Crippen LogP contribution in [0.15, 0.2) is 24.3 Å². The average Bonchev–Trinajstić information content (AvgIpc) is 2.02. The summed E-state index contributed by atoms with van der Waals surface area (Å²) in [6.07, 6.45) is 0. The second-order valence-electron chi connectivity index (χ2n) is 2.59. The van der Waals surface area contributed by atoms with Crippen LogP contribution in [0.2, 0.25) is 0 Å². The molecule has 72 valence electrons. The van der Waals surface area contributed by atoms with E-state index in [1.165, 1.54) is 6.07 Å². The summed E-state index contributed by atoms with van der Waals surface area (Å²) in [7, 11) is 1.44. The second-order valence-corrected chi connectivity index (χ2v) is 5.36. The molecule has 0 N–H and O–H groups in total. The van der Waals surface area contributed by atoms with Crippen molar-refractivity contribution in [2.45, 2.75) is 12.4 Å². The molecule has 0 heterocycles. The molecule has 0 saturated carbocycles. The first kappa shape index (κ1) is 10.5. The lowest BCUT2D eigenvalue weighted by atomic mass is 10.1. The molecule has 0 unspecified atom stereocenters. The SMILES string of the molecule is O=S(=O)(Cl)Cc1ccccc1CF. The molecule has 0 aliphatic heterocycles. The van der Waals surface area contributed by atoms with E-state index < -0.39 is 15.7 Å². The van der Waals surface area contributed by atoms with Crippen LogP contribution < -0.4 is 0 Å². The Morgan fingerprint density at radius 3 is 2.23 bits per heavy atom. The van der Waals surface area contributed by atoms with Crippen LogP contribution >= 0.6 is 10.7 Å². The zero-order valence-corrected chi connectivity index (χ0v) is 8.28. The van der Waals surface area contributed by atoms with E-state index in [-0.39, 0.29) is 5.75 Å². The maximum absolute atomic E-state index is 12.3. The van der Waals surface area contributed by atoms with Gasteiger partial charge in [-0.15, -0.1) is 0 Å². The maximum Gasteiger partial charge on any atom is 0.236 e. The van der Waals surface area contributed by atoms with Crippen molar-refractivity contribution in [2.75, 3.05) is 0 Å². The molecule has 0 spiro atoms. The first-order chi connectivity index (χ1) is 6.03. The highest BCUT2D eigenvalue weighted by Crippen LogP contribution is 2.15. The minimum Gasteiger partial charge on any atom is -0.246 e. The Balaban J connectivity index is 3.01. The van der Waals surface area contributed by atoms with Gasteiger partial charge in [0.15, 0.2) is 0 Å². The van der Waals surface area contributed by atoms with Crippen molar-refractivity contribution in [1.82, 2.24) is 0 Å². The topological polar surface area (TPSA) is 34.1 Å². The Hall–Kier alpha value is -0.610. The van der Waals surface area contributed by atoms with Gasteiger partial charge in [-0.25, -0.2) is 12.8 Å². The van der Waals surface area contributed by atoms with Crippen LogP contribution in [0.5, 0.6) is 0 Å². The summed E-state index contributed by atoms with van der Waals surface area (Å²) in [5, 5.41) is 0. The molecule has 0 atom stereocenters. The summed E-state index contributed by atoms with van der Waals surface area (Å²) >= 11 is 0. The minimum atomic E-state index is -3.60. The smallest absolute Gasteiger partial charge is 0.236 e. The lowest BCUT2D eigenvalue weighted by molar-refractivity contribution is 0.483. The van der Waals surface area contributed by atoms with E-state index in [0.717, 1.165) is 0 Å². The third-order valence-electron chi connectivity index (χ3n) is 1.59. The van der Waals surface area contributed by atoms with Gasteiger partial charge in [-0.3, -0.25) is 0 Å². The van der Waals surface area contributed by atoms with E-state index in [1.807, 2.05) is 0 Å². The summed E-state index contributed by atoms with van der Waals surface area (Å²) in [6, 6.07) is 6.39. The molecule has 0 amide bonds. The molecule has 0 radical (unpaired) electrons.